The molecule has 1 aromatic heterocycles. The Kier molecular flexibility index (Phi) is 4.97. The van der Waals surface area contributed by atoms with Gasteiger partial charge in [-0.05, 0) is 34.7 Å². The highest BCUT2D eigenvalue weighted by molar-refractivity contribution is 5.31. The molecule has 0 saturated heterocycles. The fourth-order valence-corrected chi connectivity index (χ4v) is 1.98. The molecule has 2 aromatic rings. The highest BCUT2D eigenvalue weighted by Crippen LogP contribution is 2.19. The van der Waals surface area contributed by atoms with Crippen LogP contribution in [-0.2, 0) is 12.0 Å². The van der Waals surface area contributed by atoms with Crippen LogP contribution in [0.25, 0.3) is 0 Å². The van der Waals surface area contributed by atoms with E-state index in [0.29, 0.717) is 5.75 Å². The van der Waals surface area contributed by atoms with E-state index in [9.17, 15) is 5.11 Å². The van der Waals surface area contributed by atoms with Gasteiger partial charge in [0.25, 0.3) is 0 Å². The van der Waals surface area contributed by atoms with Crippen LogP contribution in [0, 0.1) is 0 Å². The smallest absolute Gasteiger partial charge is 0.156 e. The third kappa shape index (κ3) is 4.17. The zero-order valence-corrected chi connectivity index (χ0v) is 13.4. The average Bonchev–Trinajstić information content (AvgIpc) is 2.94. The lowest BCUT2D eigenvalue weighted by molar-refractivity contribution is 0.0871. The van der Waals surface area contributed by atoms with Crippen molar-refractivity contribution < 1.29 is 14.6 Å². The van der Waals surface area contributed by atoms with Gasteiger partial charge in [0, 0.05) is 5.41 Å². The molecule has 0 fully saturated rings. The Morgan fingerprint density at radius 2 is 1.82 bits per heavy atom. The maximum Gasteiger partial charge on any atom is 0.156 e. The molecule has 1 atom stereocenters. The molecule has 22 heavy (non-hydrogen) atoms. The minimum absolute atomic E-state index is 0.162. The third-order valence-corrected chi connectivity index (χ3v) is 3.09. The number of tetrazole rings is 1. The fourth-order valence-electron chi connectivity index (χ4n) is 1.98. The summed E-state index contributed by atoms with van der Waals surface area (Å²) >= 11 is 0. The molecule has 120 valence electrons. The topological polar surface area (TPSA) is 82.3 Å². The predicted molar refractivity (Wildman–Crippen MR) is 81.0 cm³/mol. The third-order valence-electron chi connectivity index (χ3n) is 3.09. The Hall–Kier alpha value is -2.15. The Balaban J connectivity index is 1.90. The van der Waals surface area contributed by atoms with E-state index < -0.39 is 6.10 Å². The number of benzene rings is 1. The van der Waals surface area contributed by atoms with Crippen molar-refractivity contribution in [1.82, 2.24) is 20.2 Å². The van der Waals surface area contributed by atoms with Crippen LogP contribution in [0.15, 0.2) is 24.3 Å². The molecule has 1 heterocycles. The molecule has 0 spiro atoms. The van der Waals surface area contributed by atoms with Crippen molar-refractivity contribution in [2.24, 2.45) is 0 Å². The number of ether oxygens (including phenoxy) is 2. The number of methoxy groups -OCH3 is 1. The van der Waals surface area contributed by atoms with Crippen LogP contribution in [-0.4, -0.2) is 45.1 Å². The first kappa shape index (κ1) is 16.2. The Bertz CT molecular complexity index is 590. The van der Waals surface area contributed by atoms with Crippen LogP contribution in [0.1, 0.15) is 26.6 Å². The number of aromatic nitrogens is 4. The van der Waals surface area contributed by atoms with Crippen molar-refractivity contribution in [1.29, 1.82) is 0 Å². The summed E-state index contributed by atoms with van der Waals surface area (Å²) in [6.07, 6.45) is -0.702. The molecule has 0 aliphatic rings. The summed E-state index contributed by atoms with van der Waals surface area (Å²) in [5, 5.41) is 21.7. The zero-order chi connectivity index (χ0) is 16.2. The van der Waals surface area contributed by atoms with Gasteiger partial charge in [-0.3, -0.25) is 0 Å². The van der Waals surface area contributed by atoms with Crippen LogP contribution in [0.2, 0.25) is 0 Å². The van der Waals surface area contributed by atoms with Gasteiger partial charge in [0.2, 0.25) is 0 Å². The van der Waals surface area contributed by atoms with Gasteiger partial charge in [-0.15, -0.1) is 5.10 Å². The van der Waals surface area contributed by atoms with Crippen LogP contribution >= 0.6 is 0 Å². The van der Waals surface area contributed by atoms with E-state index in [0.717, 1.165) is 11.6 Å². The summed E-state index contributed by atoms with van der Waals surface area (Å²) in [6, 6.07) is 7.20. The van der Waals surface area contributed by atoms with Gasteiger partial charge in [0.1, 0.15) is 24.2 Å². The van der Waals surface area contributed by atoms with Crippen LogP contribution in [0.5, 0.6) is 11.5 Å². The summed E-state index contributed by atoms with van der Waals surface area (Å²) in [5.74, 6) is 2.17. The largest absolute Gasteiger partial charge is 0.497 e. The molecule has 1 N–H and O–H groups in total. The monoisotopic (exact) mass is 306 g/mol. The van der Waals surface area contributed by atoms with E-state index in [1.54, 1.807) is 36.1 Å². The van der Waals surface area contributed by atoms with E-state index in [1.165, 1.54) is 0 Å². The second-order valence-electron chi connectivity index (χ2n) is 6.07. The van der Waals surface area contributed by atoms with Crippen molar-refractivity contribution in [2.45, 2.75) is 38.8 Å². The molecule has 0 aliphatic heterocycles. The van der Waals surface area contributed by atoms with E-state index in [-0.39, 0.29) is 18.6 Å². The van der Waals surface area contributed by atoms with Gasteiger partial charge >= 0.3 is 0 Å². The fraction of sp³-hybridized carbons (Fsp3) is 0.533. The number of nitrogens with zero attached hydrogens (tertiary/aromatic N) is 4. The highest BCUT2D eigenvalue weighted by atomic mass is 16.5. The summed E-state index contributed by atoms with van der Waals surface area (Å²) < 4.78 is 12.2. The van der Waals surface area contributed by atoms with Crippen molar-refractivity contribution >= 4 is 0 Å². The number of aliphatic hydroxyl groups excluding tert-OH is 1. The SMILES string of the molecule is COc1ccc(OCC(O)Cn2nnnc2C(C)(C)C)cc1. The summed E-state index contributed by atoms with van der Waals surface area (Å²) in [5.41, 5.74) is -0.180. The molecule has 7 heteroatoms. The van der Waals surface area contributed by atoms with E-state index >= 15 is 0 Å². The number of hydrogen-bond donors (Lipinski definition) is 1. The summed E-state index contributed by atoms with van der Waals surface area (Å²) in [4.78, 5) is 0. The minimum atomic E-state index is -0.702. The Morgan fingerprint density at radius 1 is 1.18 bits per heavy atom. The maximum absolute atomic E-state index is 10.1. The van der Waals surface area contributed by atoms with Crippen LogP contribution in [0.3, 0.4) is 0 Å². The lowest BCUT2D eigenvalue weighted by atomic mass is 9.96. The van der Waals surface area contributed by atoms with E-state index in [1.807, 2.05) is 20.8 Å². The molecule has 2 rings (SSSR count). The standard InChI is InChI=1S/C15H22N4O3/c1-15(2,3)14-16-17-18-19(14)9-11(20)10-22-13-7-5-12(21-4)6-8-13/h5-8,11,20H,9-10H2,1-4H3. The lowest BCUT2D eigenvalue weighted by Crippen LogP contribution is -2.28. The van der Waals surface area contributed by atoms with Crippen LogP contribution < -0.4 is 9.47 Å². The number of rotatable bonds is 6. The summed E-state index contributed by atoms with van der Waals surface area (Å²) in [7, 11) is 1.61. The first-order valence-electron chi connectivity index (χ1n) is 7.11. The molecule has 0 aliphatic carbocycles. The molecule has 0 saturated carbocycles. The molecule has 1 aromatic carbocycles. The number of hydrogen-bond acceptors (Lipinski definition) is 6. The Morgan fingerprint density at radius 3 is 2.41 bits per heavy atom. The zero-order valence-electron chi connectivity index (χ0n) is 13.4. The van der Waals surface area contributed by atoms with Crippen molar-refractivity contribution in [3.63, 3.8) is 0 Å². The molecule has 1 unspecified atom stereocenters. The molecule has 0 bridgehead atoms. The van der Waals surface area contributed by atoms with Crippen molar-refractivity contribution in [3.8, 4) is 11.5 Å². The maximum atomic E-state index is 10.1. The minimum Gasteiger partial charge on any atom is -0.497 e. The van der Waals surface area contributed by atoms with Gasteiger partial charge in [0.15, 0.2) is 5.82 Å². The van der Waals surface area contributed by atoms with Crippen molar-refractivity contribution in [2.75, 3.05) is 13.7 Å². The normalized spacial score (nSPS) is 13.0. The molecule has 7 nitrogen and oxygen atoms in total. The average molecular weight is 306 g/mol. The predicted octanol–water partition coefficient (Wildman–Crippen LogP) is 1.42. The molecular weight excluding hydrogens is 284 g/mol. The van der Waals surface area contributed by atoms with Crippen molar-refractivity contribution in [3.05, 3.63) is 30.1 Å². The van der Waals surface area contributed by atoms with Gasteiger partial charge < -0.3 is 14.6 Å². The molecular formula is C15H22N4O3. The van der Waals surface area contributed by atoms with Gasteiger partial charge in [-0.25, -0.2) is 4.68 Å². The first-order valence-corrected chi connectivity index (χ1v) is 7.11. The van der Waals surface area contributed by atoms with Gasteiger partial charge in [-0.1, -0.05) is 20.8 Å². The van der Waals surface area contributed by atoms with Crippen LogP contribution in [0.4, 0.5) is 0 Å². The molecule has 0 amide bonds. The van der Waals surface area contributed by atoms with E-state index in [2.05, 4.69) is 15.5 Å². The highest BCUT2D eigenvalue weighted by Gasteiger charge is 2.23. The lowest BCUT2D eigenvalue weighted by Gasteiger charge is -2.19. The summed E-state index contributed by atoms with van der Waals surface area (Å²) in [6.45, 7) is 6.52. The Labute approximate surface area is 129 Å². The van der Waals surface area contributed by atoms with Gasteiger partial charge in [-0.2, -0.15) is 0 Å². The number of aliphatic hydroxyl groups is 1. The second kappa shape index (κ2) is 6.74. The second-order valence-corrected chi connectivity index (χ2v) is 6.07. The van der Waals surface area contributed by atoms with Gasteiger partial charge in [0.05, 0.1) is 13.7 Å². The molecule has 0 radical (unpaired) electrons. The quantitative estimate of drug-likeness (QED) is 0.869. The first-order chi connectivity index (χ1) is 10.4. The van der Waals surface area contributed by atoms with E-state index in [4.69, 9.17) is 9.47 Å².